The van der Waals surface area contributed by atoms with E-state index in [-0.39, 0.29) is 5.78 Å². The Bertz CT molecular complexity index is 481. The number of carbonyl (C=O) groups excluding carboxylic acids is 1. The Balaban J connectivity index is 1.94. The largest absolute Gasteiger partial charge is 0.293 e. The van der Waals surface area contributed by atoms with Crippen molar-refractivity contribution >= 4 is 28.7 Å². The maximum atomic E-state index is 11.8. The first-order valence-corrected chi connectivity index (χ1v) is 6.13. The number of Topliss-reactive ketones (excluding diaryl/α,β-unsaturated/α-hetero) is 1. The van der Waals surface area contributed by atoms with Crippen LogP contribution in [0.1, 0.15) is 21.8 Å². The van der Waals surface area contributed by atoms with E-state index in [2.05, 4.69) is 4.98 Å². The predicted molar refractivity (Wildman–Crippen MR) is 66.2 cm³/mol. The molecule has 16 heavy (non-hydrogen) atoms. The summed E-state index contributed by atoms with van der Waals surface area (Å²) in [5.41, 5.74) is 0.943. The second kappa shape index (κ2) is 5.23. The van der Waals surface area contributed by atoms with Crippen LogP contribution < -0.4 is 0 Å². The number of ketones is 1. The highest BCUT2D eigenvalue weighted by molar-refractivity contribution is 7.18. The molecule has 0 saturated heterocycles. The minimum atomic E-state index is 0.127. The lowest BCUT2D eigenvalue weighted by Gasteiger charge is -1.98. The van der Waals surface area contributed by atoms with Gasteiger partial charge in [0.1, 0.15) is 0 Å². The lowest BCUT2D eigenvalue weighted by Crippen LogP contribution is -1.99. The number of hydrogen-bond donors (Lipinski definition) is 0. The normalized spacial score (nSPS) is 10.3. The molecule has 2 aromatic rings. The molecule has 0 unspecified atom stereocenters. The molecule has 82 valence electrons. The van der Waals surface area contributed by atoms with Crippen molar-refractivity contribution in [2.75, 3.05) is 0 Å². The highest BCUT2D eigenvalue weighted by atomic mass is 35.5. The van der Waals surface area contributed by atoms with Gasteiger partial charge in [-0.25, -0.2) is 0 Å². The van der Waals surface area contributed by atoms with Gasteiger partial charge in [-0.1, -0.05) is 17.7 Å². The molecule has 0 atom stereocenters. The van der Waals surface area contributed by atoms with Crippen molar-refractivity contribution in [2.24, 2.45) is 0 Å². The summed E-state index contributed by atoms with van der Waals surface area (Å²) in [4.78, 5) is 16.7. The molecule has 2 aromatic heterocycles. The summed E-state index contributed by atoms with van der Waals surface area (Å²) in [6, 6.07) is 9.24. The summed E-state index contributed by atoms with van der Waals surface area (Å²) < 4.78 is 0.654. The average Bonchev–Trinajstić information content (AvgIpc) is 2.74. The monoisotopic (exact) mass is 251 g/mol. The standard InChI is InChI=1S/C12H10ClNOS/c13-12-7-6-11(16-12)10(15)5-4-9-3-1-2-8-14-9/h1-3,6-8H,4-5H2. The van der Waals surface area contributed by atoms with E-state index in [0.29, 0.717) is 17.2 Å². The van der Waals surface area contributed by atoms with Gasteiger partial charge in [0.2, 0.25) is 0 Å². The Morgan fingerprint density at radius 1 is 1.31 bits per heavy atom. The van der Waals surface area contributed by atoms with Crippen molar-refractivity contribution in [3.05, 3.63) is 51.4 Å². The third-order valence-corrected chi connectivity index (χ3v) is 3.45. The van der Waals surface area contributed by atoms with E-state index in [1.165, 1.54) is 11.3 Å². The van der Waals surface area contributed by atoms with Gasteiger partial charge in [0.25, 0.3) is 0 Å². The van der Waals surface area contributed by atoms with Gasteiger partial charge in [-0.3, -0.25) is 9.78 Å². The Morgan fingerprint density at radius 3 is 2.81 bits per heavy atom. The first-order valence-electron chi connectivity index (χ1n) is 4.94. The van der Waals surface area contributed by atoms with Gasteiger partial charge in [0, 0.05) is 18.3 Å². The van der Waals surface area contributed by atoms with Gasteiger partial charge in [-0.2, -0.15) is 0 Å². The van der Waals surface area contributed by atoms with Crippen molar-refractivity contribution in [1.82, 2.24) is 4.98 Å². The Kier molecular flexibility index (Phi) is 3.70. The van der Waals surface area contributed by atoms with Crippen LogP contribution in [0.25, 0.3) is 0 Å². The second-order valence-electron chi connectivity index (χ2n) is 3.35. The second-order valence-corrected chi connectivity index (χ2v) is 5.06. The number of aryl methyl sites for hydroxylation is 1. The number of rotatable bonds is 4. The van der Waals surface area contributed by atoms with Crippen molar-refractivity contribution in [3.8, 4) is 0 Å². The van der Waals surface area contributed by atoms with Crippen LogP contribution in [0.15, 0.2) is 36.5 Å². The van der Waals surface area contributed by atoms with Gasteiger partial charge in [-0.05, 0) is 30.7 Å². The maximum Gasteiger partial charge on any atom is 0.173 e. The lowest BCUT2D eigenvalue weighted by molar-refractivity contribution is 0.0986. The molecular formula is C12H10ClNOS. The molecule has 0 saturated carbocycles. The molecule has 0 aliphatic rings. The SMILES string of the molecule is O=C(CCc1ccccn1)c1ccc(Cl)s1. The highest BCUT2D eigenvalue weighted by Gasteiger charge is 2.08. The van der Waals surface area contributed by atoms with Crippen LogP contribution in [0.3, 0.4) is 0 Å². The van der Waals surface area contributed by atoms with Crippen molar-refractivity contribution < 1.29 is 4.79 Å². The molecule has 2 nitrogen and oxygen atoms in total. The Hall–Kier alpha value is -1.19. The number of pyridine rings is 1. The maximum absolute atomic E-state index is 11.8. The first kappa shape index (κ1) is 11.3. The summed E-state index contributed by atoms with van der Waals surface area (Å²) in [5, 5.41) is 0. The van der Waals surface area contributed by atoms with Gasteiger partial charge in [-0.15, -0.1) is 11.3 Å². The molecular weight excluding hydrogens is 242 g/mol. The smallest absolute Gasteiger partial charge is 0.173 e. The minimum Gasteiger partial charge on any atom is -0.293 e. The summed E-state index contributed by atoms with van der Waals surface area (Å²) in [6.45, 7) is 0. The fraction of sp³-hybridized carbons (Fsp3) is 0.167. The fourth-order valence-corrected chi connectivity index (χ4v) is 2.39. The molecule has 0 aromatic carbocycles. The summed E-state index contributed by atoms with van der Waals surface area (Å²) in [6.07, 6.45) is 2.89. The van der Waals surface area contributed by atoms with Gasteiger partial charge < -0.3 is 0 Å². The molecule has 0 aliphatic heterocycles. The van der Waals surface area contributed by atoms with E-state index in [9.17, 15) is 4.79 Å². The lowest BCUT2D eigenvalue weighted by atomic mass is 10.1. The number of hydrogen-bond acceptors (Lipinski definition) is 3. The van der Waals surface area contributed by atoms with E-state index in [0.717, 1.165) is 10.6 Å². The number of carbonyl (C=O) groups is 1. The summed E-state index contributed by atoms with van der Waals surface area (Å²) in [5.74, 6) is 0.127. The molecule has 0 radical (unpaired) electrons. The van der Waals surface area contributed by atoms with E-state index in [1.807, 2.05) is 18.2 Å². The van der Waals surface area contributed by atoms with Gasteiger partial charge >= 0.3 is 0 Å². The average molecular weight is 252 g/mol. The zero-order chi connectivity index (χ0) is 11.4. The molecule has 0 N–H and O–H groups in total. The van der Waals surface area contributed by atoms with Crippen LogP contribution in [-0.2, 0) is 6.42 Å². The van der Waals surface area contributed by atoms with Gasteiger partial charge in [0.05, 0.1) is 9.21 Å². The molecule has 4 heteroatoms. The van der Waals surface area contributed by atoms with E-state index < -0.39 is 0 Å². The molecule has 0 spiro atoms. The number of aromatic nitrogens is 1. The van der Waals surface area contributed by atoms with Crippen molar-refractivity contribution in [3.63, 3.8) is 0 Å². The fourth-order valence-electron chi connectivity index (χ4n) is 1.37. The topological polar surface area (TPSA) is 30.0 Å². The minimum absolute atomic E-state index is 0.127. The predicted octanol–water partition coefficient (Wildman–Crippen LogP) is 3.61. The Labute approximate surface area is 103 Å². The van der Waals surface area contributed by atoms with Crippen LogP contribution in [0, 0.1) is 0 Å². The molecule has 0 fully saturated rings. The van der Waals surface area contributed by atoms with Gasteiger partial charge in [0.15, 0.2) is 5.78 Å². The number of nitrogens with zero attached hydrogens (tertiary/aromatic N) is 1. The molecule has 0 amide bonds. The number of thiophene rings is 1. The van der Waals surface area contributed by atoms with Crippen LogP contribution in [0.5, 0.6) is 0 Å². The van der Waals surface area contributed by atoms with Crippen molar-refractivity contribution in [1.29, 1.82) is 0 Å². The van der Waals surface area contributed by atoms with Crippen molar-refractivity contribution in [2.45, 2.75) is 12.8 Å². The third kappa shape index (κ3) is 2.90. The molecule has 2 rings (SSSR count). The highest BCUT2D eigenvalue weighted by Crippen LogP contribution is 2.22. The quantitative estimate of drug-likeness (QED) is 0.777. The van der Waals surface area contributed by atoms with E-state index >= 15 is 0 Å². The van der Waals surface area contributed by atoms with Crippen LogP contribution in [0.2, 0.25) is 4.34 Å². The van der Waals surface area contributed by atoms with Crippen LogP contribution in [-0.4, -0.2) is 10.8 Å². The van der Waals surface area contributed by atoms with Crippen LogP contribution >= 0.6 is 22.9 Å². The molecule has 2 heterocycles. The number of halogens is 1. The van der Waals surface area contributed by atoms with Crippen LogP contribution in [0.4, 0.5) is 0 Å². The summed E-state index contributed by atoms with van der Waals surface area (Å²) in [7, 11) is 0. The zero-order valence-corrected chi connectivity index (χ0v) is 10.1. The first-order chi connectivity index (χ1) is 7.75. The molecule has 0 aliphatic carbocycles. The summed E-state index contributed by atoms with van der Waals surface area (Å²) >= 11 is 7.10. The third-order valence-electron chi connectivity index (χ3n) is 2.18. The zero-order valence-electron chi connectivity index (χ0n) is 8.52. The van der Waals surface area contributed by atoms with E-state index in [4.69, 9.17) is 11.6 Å². The molecule has 0 bridgehead atoms. The Morgan fingerprint density at radius 2 is 2.19 bits per heavy atom. The van der Waals surface area contributed by atoms with E-state index in [1.54, 1.807) is 18.3 Å².